The van der Waals surface area contributed by atoms with Crippen LogP contribution in [0.15, 0.2) is 42.5 Å². The summed E-state index contributed by atoms with van der Waals surface area (Å²) in [4.78, 5) is 12.1. The normalized spacial score (nSPS) is 10.4. The third-order valence-electron chi connectivity index (χ3n) is 3.03. The average molecular weight is 324 g/mol. The molecule has 2 aromatic carbocycles. The smallest absolute Gasteiger partial charge is 0.253 e. The van der Waals surface area contributed by atoms with E-state index in [0.717, 1.165) is 11.1 Å². The first-order valence-corrected chi connectivity index (χ1v) is 7.16. The molecule has 0 saturated carbocycles. The number of ether oxygens (including phenoxy) is 1. The first kappa shape index (κ1) is 15.8. The van der Waals surface area contributed by atoms with Gasteiger partial charge in [0.15, 0.2) is 0 Å². The van der Waals surface area contributed by atoms with Crippen LogP contribution < -0.4 is 5.32 Å². The fourth-order valence-electron chi connectivity index (χ4n) is 1.97. The van der Waals surface area contributed by atoms with Crippen LogP contribution in [0.2, 0.25) is 10.0 Å². The van der Waals surface area contributed by atoms with Gasteiger partial charge in [0.2, 0.25) is 0 Å². The molecule has 0 saturated heterocycles. The highest BCUT2D eigenvalue weighted by atomic mass is 35.5. The Morgan fingerprint density at radius 3 is 2.52 bits per heavy atom. The molecule has 0 atom stereocenters. The number of carbonyl (C=O) groups is 1. The van der Waals surface area contributed by atoms with Crippen molar-refractivity contribution in [3.05, 3.63) is 69.2 Å². The van der Waals surface area contributed by atoms with Crippen LogP contribution in [0.4, 0.5) is 0 Å². The minimum absolute atomic E-state index is 0.233. The van der Waals surface area contributed by atoms with E-state index in [2.05, 4.69) is 5.32 Å². The number of benzene rings is 2. The van der Waals surface area contributed by atoms with E-state index in [-0.39, 0.29) is 5.91 Å². The summed E-state index contributed by atoms with van der Waals surface area (Å²) >= 11 is 11.8. The molecule has 0 spiro atoms. The van der Waals surface area contributed by atoms with Crippen LogP contribution in [-0.2, 0) is 17.9 Å². The number of methoxy groups -OCH3 is 1. The summed E-state index contributed by atoms with van der Waals surface area (Å²) in [5.74, 6) is -0.233. The van der Waals surface area contributed by atoms with Crippen molar-refractivity contribution in [3.8, 4) is 0 Å². The second-order valence-electron chi connectivity index (χ2n) is 4.51. The summed E-state index contributed by atoms with van der Waals surface area (Å²) in [5, 5.41) is 3.69. The zero-order valence-electron chi connectivity index (χ0n) is 11.5. The Morgan fingerprint density at radius 1 is 1.14 bits per heavy atom. The van der Waals surface area contributed by atoms with E-state index in [9.17, 15) is 4.79 Å². The highest BCUT2D eigenvalue weighted by molar-refractivity contribution is 6.36. The van der Waals surface area contributed by atoms with Crippen molar-refractivity contribution in [1.29, 1.82) is 0 Å². The largest absolute Gasteiger partial charge is 0.380 e. The Bertz CT molecular complexity index is 644. The van der Waals surface area contributed by atoms with Crippen LogP contribution in [-0.4, -0.2) is 13.0 Å². The van der Waals surface area contributed by atoms with Gasteiger partial charge in [0.1, 0.15) is 0 Å². The molecule has 3 nitrogen and oxygen atoms in total. The molecule has 0 unspecified atom stereocenters. The highest BCUT2D eigenvalue weighted by Gasteiger charge is 2.11. The van der Waals surface area contributed by atoms with Gasteiger partial charge < -0.3 is 10.1 Å². The lowest BCUT2D eigenvalue weighted by Crippen LogP contribution is -2.23. The fourth-order valence-corrected chi connectivity index (χ4v) is 2.46. The van der Waals surface area contributed by atoms with Crippen LogP contribution in [0, 0.1) is 0 Å². The van der Waals surface area contributed by atoms with Crippen molar-refractivity contribution in [2.45, 2.75) is 13.2 Å². The van der Waals surface area contributed by atoms with E-state index >= 15 is 0 Å². The molecular weight excluding hydrogens is 309 g/mol. The Balaban J connectivity index is 2.07. The van der Waals surface area contributed by atoms with E-state index in [1.165, 1.54) is 0 Å². The van der Waals surface area contributed by atoms with Crippen molar-refractivity contribution in [2.24, 2.45) is 0 Å². The van der Waals surface area contributed by atoms with Gasteiger partial charge in [-0.1, -0.05) is 47.5 Å². The van der Waals surface area contributed by atoms with Crippen LogP contribution in [0.1, 0.15) is 21.5 Å². The number of rotatable bonds is 5. The van der Waals surface area contributed by atoms with Crippen LogP contribution in [0.5, 0.6) is 0 Å². The van der Waals surface area contributed by atoms with Crippen LogP contribution in [0.25, 0.3) is 0 Å². The number of carbonyl (C=O) groups excluding carboxylic acids is 1. The summed E-state index contributed by atoms with van der Waals surface area (Å²) in [6.07, 6.45) is 0. The molecule has 110 valence electrons. The lowest BCUT2D eigenvalue weighted by molar-refractivity contribution is 0.0950. The SMILES string of the molecule is COCc1ccccc1CNC(=O)c1ccc(Cl)cc1Cl. The van der Waals surface area contributed by atoms with E-state index in [1.54, 1.807) is 25.3 Å². The minimum Gasteiger partial charge on any atom is -0.380 e. The molecule has 2 aromatic rings. The maximum atomic E-state index is 12.1. The highest BCUT2D eigenvalue weighted by Crippen LogP contribution is 2.21. The lowest BCUT2D eigenvalue weighted by atomic mass is 10.1. The van der Waals surface area contributed by atoms with Gasteiger partial charge in [-0.2, -0.15) is 0 Å². The van der Waals surface area contributed by atoms with Gasteiger partial charge >= 0.3 is 0 Å². The quantitative estimate of drug-likeness (QED) is 0.900. The Kier molecular flexibility index (Phi) is 5.62. The Morgan fingerprint density at radius 2 is 1.86 bits per heavy atom. The molecule has 0 fully saturated rings. The second kappa shape index (κ2) is 7.46. The first-order valence-electron chi connectivity index (χ1n) is 6.41. The van der Waals surface area contributed by atoms with Gasteiger partial charge in [-0.3, -0.25) is 4.79 Å². The Hall–Kier alpha value is -1.55. The van der Waals surface area contributed by atoms with Crippen molar-refractivity contribution < 1.29 is 9.53 Å². The predicted molar refractivity (Wildman–Crippen MR) is 84.8 cm³/mol. The average Bonchev–Trinajstić information content (AvgIpc) is 2.46. The first-order chi connectivity index (χ1) is 10.1. The minimum atomic E-state index is -0.233. The van der Waals surface area contributed by atoms with Gasteiger partial charge in [-0.15, -0.1) is 0 Å². The van der Waals surface area contributed by atoms with Gasteiger partial charge in [0.05, 0.1) is 17.2 Å². The van der Waals surface area contributed by atoms with Crippen LogP contribution in [0.3, 0.4) is 0 Å². The maximum Gasteiger partial charge on any atom is 0.253 e. The molecule has 1 amide bonds. The topological polar surface area (TPSA) is 38.3 Å². The number of nitrogens with one attached hydrogen (secondary N) is 1. The van der Waals surface area contributed by atoms with Crippen molar-refractivity contribution >= 4 is 29.1 Å². The molecule has 0 radical (unpaired) electrons. The maximum absolute atomic E-state index is 12.1. The molecular formula is C16H15Cl2NO2. The molecule has 0 aromatic heterocycles. The molecule has 0 aliphatic carbocycles. The summed E-state index contributed by atoms with van der Waals surface area (Å²) in [5.41, 5.74) is 2.46. The van der Waals surface area contributed by atoms with Crippen molar-refractivity contribution in [2.75, 3.05) is 7.11 Å². The standard InChI is InChI=1S/C16H15Cl2NO2/c1-21-10-12-5-3-2-4-11(12)9-19-16(20)14-7-6-13(17)8-15(14)18/h2-8H,9-10H2,1H3,(H,19,20). The van der Waals surface area contributed by atoms with Gasteiger partial charge in [0, 0.05) is 18.7 Å². The fraction of sp³-hybridized carbons (Fsp3) is 0.188. The van der Waals surface area contributed by atoms with Gasteiger partial charge in [0.25, 0.3) is 5.91 Å². The molecule has 0 heterocycles. The van der Waals surface area contributed by atoms with E-state index in [4.69, 9.17) is 27.9 Å². The molecule has 0 bridgehead atoms. The zero-order chi connectivity index (χ0) is 15.2. The van der Waals surface area contributed by atoms with Crippen LogP contribution >= 0.6 is 23.2 Å². The lowest BCUT2D eigenvalue weighted by Gasteiger charge is -2.11. The summed E-state index contributed by atoms with van der Waals surface area (Å²) in [7, 11) is 1.64. The number of hydrogen-bond acceptors (Lipinski definition) is 2. The molecule has 2 rings (SSSR count). The monoisotopic (exact) mass is 323 g/mol. The number of halogens is 2. The van der Waals surface area contributed by atoms with Gasteiger partial charge in [-0.05, 0) is 29.3 Å². The third kappa shape index (κ3) is 4.21. The van der Waals surface area contributed by atoms with E-state index < -0.39 is 0 Å². The van der Waals surface area contributed by atoms with Crippen molar-refractivity contribution in [1.82, 2.24) is 5.32 Å². The molecule has 1 N–H and O–H groups in total. The summed E-state index contributed by atoms with van der Waals surface area (Å²) < 4.78 is 5.14. The second-order valence-corrected chi connectivity index (χ2v) is 5.35. The summed E-state index contributed by atoms with van der Waals surface area (Å²) in [6, 6.07) is 12.6. The zero-order valence-corrected chi connectivity index (χ0v) is 13.0. The summed E-state index contributed by atoms with van der Waals surface area (Å²) in [6.45, 7) is 0.922. The van der Waals surface area contributed by atoms with E-state index in [1.807, 2.05) is 24.3 Å². The third-order valence-corrected chi connectivity index (χ3v) is 3.58. The Labute approximate surface area is 133 Å². The number of amides is 1. The van der Waals surface area contributed by atoms with Crippen molar-refractivity contribution in [3.63, 3.8) is 0 Å². The molecule has 21 heavy (non-hydrogen) atoms. The number of hydrogen-bond donors (Lipinski definition) is 1. The molecule has 5 heteroatoms. The van der Waals surface area contributed by atoms with E-state index in [0.29, 0.717) is 28.8 Å². The predicted octanol–water partition coefficient (Wildman–Crippen LogP) is 4.07. The molecule has 0 aliphatic heterocycles. The molecule has 0 aliphatic rings. The van der Waals surface area contributed by atoms with Gasteiger partial charge in [-0.25, -0.2) is 0 Å².